The van der Waals surface area contributed by atoms with Crippen molar-refractivity contribution in [2.75, 3.05) is 18.9 Å². The molecule has 4 heteroatoms. The molecule has 0 amide bonds. The zero-order valence-electron chi connectivity index (χ0n) is 11.9. The quantitative estimate of drug-likeness (QED) is 0.864. The van der Waals surface area contributed by atoms with Crippen LogP contribution in [-0.4, -0.2) is 36.2 Å². The van der Waals surface area contributed by atoms with E-state index in [1.807, 2.05) is 11.8 Å². The van der Waals surface area contributed by atoms with Crippen LogP contribution in [0.15, 0.2) is 4.99 Å². The zero-order chi connectivity index (χ0) is 13.1. The van der Waals surface area contributed by atoms with Crippen molar-refractivity contribution in [2.24, 2.45) is 16.8 Å². The van der Waals surface area contributed by atoms with Crippen LogP contribution in [0.5, 0.6) is 0 Å². The van der Waals surface area contributed by atoms with Crippen LogP contribution in [0.1, 0.15) is 45.4 Å². The summed E-state index contributed by atoms with van der Waals surface area (Å²) >= 11 is 1.94. The first kappa shape index (κ1) is 13.7. The number of ether oxygens (including phenoxy) is 1. The topological polar surface area (TPSA) is 33.6 Å². The summed E-state index contributed by atoms with van der Waals surface area (Å²) in [7, 11) is 0. The number of aliphatic imine (C=N–C) groups is 1. The Morgan fingerprint density at radius 1 is 1.32 bits per heavy atom. The average Bonchev–Trinajstić information content (AvgIpc) is 2.92. The highest BCUT2D eigenvalue weighted by Gasteiger charge is 2.31. The van der Waals surface area contributed by atoms with Gasteiger partial charge in [0.25, 0.3) is 0 Å². The lowest BCUT2D eigenvalue weighted by Crippen LogP contribution is -2.46. The fraction of sp³-hybridized carbons (Fsp3) is 0.933. The van der Waals surface area contributed by atoms with Crippen LogP contribution in [0.4, 0.5) is 0 Å². The third-order valence-electron chi connectivity index (χ3n) is 4.87. The van der Waals surface area contributed by atoms with Crippen LogP contribution >= 0.6 is 11.8 Å². The van der Waals surface area contributed by atoms with Crippen molar-refractivity contribution in [3.8, 4) is 0 Å². The first-order valence-electron chi connectivity index (χ1n) is 7.92. The van der Waals surface area contributed by atoms with Gasteiger partial charge in [-0.15, -0.1) is 0 Å². The normalized spacial score (nSPS) is 41.0. The van der Waals surface area contributed by atoms with Gasteiger partial charge in [0.1, 0.15) is 0 Å². The van der Waals surface area contributed by atoms with Crippen LogP contribution in [0.25, 0.3) is 0 Å². The maximum Gasteiger partial charge on any atom is 0.156 e. The largest absolute Gasteiger partial charge is 0.378 e. The van der Waals surface area contributed by atoms with E-state index >= 15 is 0 Å². The van der Waals surface area contributed by atoms with Crippen LogP contribution in [0, 0.1) is 11.8 Å². The van der Waals surface area contributed by atoms with Gasteiger partial charge >= 0.3 is 0 Å². The van der Waals surface area contributed by atoms with Gasteiger partial charge in [0, 0.05) is 30.9 Å². The predicted octanol–water partition coefficient (Wildman–Crippen LogP) is 3.05. The first-order chi connectivity index (χ1) is 9.36. The summed E-state index contributed by atoms with van der Waals surface area (Å²) in [4.78, 5) is 4.84. The minimum absolute atomic E-state index is 0.445. The number of hydrogen-bond acceptors (Lipinski definition) is 3. The molecule has 1 saturated carbocycles. The summed E-state index contributed by atoms with van der Waals surface area (Å²) in [6.07, 6.45) is 8.32. The molecule has 3 fully saturated rings. The van der Waals surface area contributed by atoms with E-state index in [1.54, 1.807) is 0 Å². The molecule has 3 rings (SSSR count). The van der Waals surface area contributed by atoms with Gasteiger partial charge < -0.3 is 10.1 Å². The third kappa shape index (κ3) is 3.27. The van der Waals surface area contributed by atoms with Gasteiger partial charge in [-0.2, -0.15) is 0 Å². The Balaban J connectivity index is 1.53. The van der Waals surface area contributed by atoms with Crippen molar-refractivity contribution in [1.82, 2.24) is 5.32 Å². The maximum absolute atomic E-state index is 5.74. The Labute approximate surface area is 121 Å². The smallest absolute Gasteiger partial charge is 0.156 e. The monoisotopic (exact) mass is 282 g/mol. The number of amidine groups is 1. The maximum atomic E-state index is 5.74. The highest BCUT2D eigenvalue weighted by Crippen LogP contribution is 2.32. The summed E-state index contributed by atoms with van der Waals surface area (Å²) < 4.78 is 5.74. The lowest BCUT2D eigenvalue weighted by molar-refractivity contribution is 0.0893. The summed E-state index contributed by atoms with van der Waals surface area (Å²) in [6.45, 7) is 4.10. The number of hydrogen-bond donors (Lipinski definition) is 1. The van der Waals surface area contributed by atoms with Crippen LogP contribution in [-0.2, 0) is 4.74 Å². The van der Waals surface area contributed by atoms with E-state index in [1.165, 1.54) is 43.0 Å². The summed E-state index contributed by atoms with van der Waals surface area (Å²) in [6, 6.07) is 0.704. The van der Waals surface area contributed by atoms with E-state index in [0.29, 0.717) is 18.1 Å². The Hall–Kier alpha value is -0.220. The van der Waals surface area contributed by atoms with E-state index in [9.17, 15) is 0 Å². The lowest BCUT2D eigenvalue weighted by Gasteiger charge is -2.37. The standard InChI is InChI=1S/C15H26N2OS/c1-2-14-11(7-8-18-14)9-16-15-17-13-6-4-3-5-12(13)10-19-15/h11-14H,2-10H2,1H3,(H,16,17). The van der Waals surface area contributed by atoms with Crippen molar-refractivity contribution in [3.05, 3.63) is 0 Å². The molecule has 2 aliphatic heterocycles. The van der Waals surface area contributed by atoms with Crippen molar-refractivity contribution in [1.29, 1.82) is 0 Å². The molecule has 1 N–H and O–H groups in total. The molecule has 0 aromatic rings. The summed E-state index contributed by atoms with van der Waals surface area (Å²) in [5.74, 6) is 2.80. The molecule has 1 aliphatic carbocycles. The molecule has 0 radical (unpaired) electrons. The second-order valence-electron chi connectivity index (χ2n) is 6.12. The molecule has 19 heavy (non-hydrogen) atoms. The fourth-order valence-corrected chi connectivity index (χ4v) is 4.80. The lowest BCUT2D eigenvalue weighted by atomic mass is 9.86. The molecule has 108 valence electrons. The molecular formula is C15H26N2OS. The Kier molecular flexibility index (Phi) is 4.69. The highest BCUT2D eigenvalue weighted by atomic mass is 32.2. The summed E-state index contributed by atoms with van der Waals surface area (Å²) in [5, 5.41) is 4.88. The number of fused-ring (bicyclic) bond motifs is 1. The van der Waals surface area contributed by atoms with Gasteiger partial charge in [0.15, 0.2) is 5.17 Å². The SMILES string of the molecule is CCC1OCCC1CN=C1NC2CCCCC2CS1. The number of rotatable bonds is 3. The van der Waals surface area contributed by atoms with Crippen LogP contribution in [0.3, 0.4) is 0 Å². The molecule has 4 unspecified atom stereocenters. The number of nitrogens with one attached hydrogen (secondary N) is 1. The molecule has 0 aromatic heterocycles. The molecule has 0 aromatic carbocycles. The van der Waals surface area contributed by atoms with Gasteiger partial charge in [0.05, 0.1) is 6.10 Å². The molecule has 0 spiro atoms. The third-order valence-corrected chi connectivity index (χ3v) is 5.99. The second kappa shape index (κ2) is 6.49. The number of thioether (sulfide) groups is 1. The fourth-order valence-electron chi connectivity index (χ4n) is 3.63. The Bertz CT molecular complexity index is 334. The molecule has 3 aliphatic rings. The average molecular weight is 282 g/mol. The minimum Gasteiger partial charge on any atom is -0.378 e. The highest BCUT2D eigenvalue weighted by molar-refractivity contribution is 8.13. The molecule has 2 saturated heterocycles. The van der Waals surface area contributed by atoms with Gasteiger partial charge in [0.2, 0.25) is 0 Å². The first-order valence-corrected chi connectivity index (χ1v) is 8.90. The minimum atomic E-state index is 0.445. The van der Waals surface area contributed by atoms with E-state index < -0.39 is 0 Å². The molecule has 4 atom stereocenters. The van der Waals surface area contributed by atoms with Crippen molar-refractivity contribution < 1.29 is 4.74 Å². The van der Waals surface area contributed by atoms with Crippen molar-refractivity contribution in [2.45, 2.75) is 57.6 Å². The van der Waals surface area contributed by atoms with Crippen molar-refractivity contribution >= 4 is 16.9 Å². The van der Waals surface area contributed by atoms with Gasteiger partial charge in [-0.3, -0.25) is 4.99 Å². The van der Waals surface area contributed by atoms with Gasteiger partial charge in [-0.25, -0.2) is 0 Å². The second-order valence-corrected chi connectivity index (χ2v) is 7.13. The Morgan fingerprint density at radius 3 is 3.11 bits per heavy atom. The Morgan fingerprint density at radius 2 is 2.21 bits per heavy atom. The molecular weight excluding hydrogens is 256 g/mol. The molecule has 3 nitrogen and oxygen atoms in total. The summed E-state index contributed by atoms with van der Waals surface area (Å²) in [5.41, 5.74) is 0. The van der Waals surface area contributed by atoms with Crippen molar-refractivity contribution in [3.63, 3.8) is 0 Å². The zero-order valence-corrected chi connectivity index (χ0v) is 12.8. The van der Waals surface area contributed by atoms with Crippen LogP contribution < -0.4 is 5.32 Å². The molecule has 0 bridgehead atoms. The van der Waals surface area contributed by atoms with E-state index in [0.717, 1.165) is 25.5 Å². The van der Waals surface area contributed by atoms with E-state index in [-0.39, 0.29) is 0 Å². The van der Waals surface area contributed by atoms with Crippen LogP contribution in [0.2, 0.25) is 0 Å². The van der Waals surface area contributed by atoms with E-state index in [4.69, 9.17) is 9.73 Å². The van der Waals surface area contributed by atoms with Gasteiger partial charge in [-0.05, 0) is 31.6 Å². The molecule has 2 heterocycles. The number of nitrogens with zero attached hydrogens (tertiary/aromatic N) is 1. The van der Waals surface area contributed by atoms with E-state index in [2.05, 4.69) is 12.2 Å². The predicted molar refractivity (Wildman–Crippen MR) is 81.8 cm³/mol. The van der Waals surface area contributed by atoms with Gasteiger partial charge in [-0.1, -0.05) is 31.5 Å².